The Morgan fingerprint density at radius 1 is 1.43 bits per heavy atom. The SMILES string of the molecule is NC(S)c1ncn(C[C@@H](O)COc2cc(Cl)ccc2Cl)n1. The van der Waals surface area contributed by atoms with Crippen molar-refractivity contribution in [3.63, 3.8) is 0 Å². The molecule has 0 radical (unpaired) electrons. The second kappa shape index (κ2) is 7.33. The summed E-state index contributed by atoms with van der Waals surface area (Å²) in [5.74, 6) is 0.809. The lowest BCUT2D eigenvalue weighted by atomic mass is 10.3. The van der Waals surface area contributed by atoms with Gasteiger partial charge in [0.2, 0.25) is 0 Å². The van der Waals surface area contributed by atoms with E-state index in [1.165, 1.54) is 11.0 Å². The summed E-state index contributed by atoms with van der Waals surface area (Å²) >= 11 is 15.8. The minimum Gasteiger partial charge on any atom is -0.489 e. The molecule has 9 heteroatoms. The first-order valence-electron chi connectivity index (χ1n) is 6.04. The number of nitrogens with zero attached hydrogens (tertiary/aromatic N) is 3. The lowest BCUT2D eigenvalue weighted by molar-refractivity contribution is 0.0892. The van der Waals surface area contributed by atoms with Crippen LogP contribution in [0.25, 0.3) is 0 Å². The second-order valence-corrected chi connectivity index (χ2v) is 5.71. The number of nitrogens with two attached hydrogens (primary N) is 1. The molecule has 1 aromatic heterocycles. The van der Waals surface area contributed by atoms with E-state index in [2.05, 4.69) is 22.7 Å². The van der Waals surface area contributed by atoms with Gasteiger partial charge in [0.25, 0.3) is 0 Å². The van der Waals surface area contributed by atoms with Gasteiger partial charge < -0.3 is 15.6 Å². The van der Waals surface area contributed by atoms with Crippen LogP contribution in [0, 0.1) is 0 Å². The average molecular weight is 349 g/mol. The van der Waals surface area contributed by atoms with Crippen molar-refractivity contribution in [3.05, 3.63) is 40.4 Å². The highest BCUT2D eigenvalue weighted by Gasteiger charge is 2.12. The summed E-state index contributed by atoms with van der Waals surface area (Å²) in [5.41, 5.74) is 5.53. The molecule has 1 aromatic carbocycles. The van der Waals surface area contributed by atoms with Crippen molar-refractivity contribution in [2.24, 2.45) is 5.73 Å². The Bertz CT molecular complexity index is 609. The predicted octanol–water partition coefficient (Wildman–Crippen LogP) is 1.91. The fourth-order valence-electron chi connectivity index (χ4n) is 1.57. The molecule has 1 heterocycles. The van der Waals surface area contributed by atoms with Crippen molar-refractivity contribution >= 4 is 35.8 Å². The number of aliphatic hydroxyl groups is 1. The van der Waals surface area contributed by atoms with E-state index >= 15 is 0 Å². The van der Waals surface area contributed by atoms with Gasteiger partial charge in [-0.25, -0.2) is 9.67 Å². The van der Waals surface area contributed by atoms with E-state index < -0.39 is 11.5 Å². The van der Waals surface area contributed by atoms with Crippen LogP contribution in [0.5, 0.6) is 5.75 Å². The molecular weight excluding hydrogens is 335 g/mol. The number of ether oxygens (including phenoxy) is 1. The van der Waals surface area contributed by atoms with E-state index in [0.717, 1.165) is 0 Å². The normalized spacial score (nSPS) is 14.0. The molecule has 0 amide bonds. The van der Waals surface area contributed by atoms with Crippen LogP contribution in [0.4, 0.5) is 0 Å². The van der Waals surface area contributed by atoms with Gasteiger partial charge in [0.15, 0.2) is 5.82 Å². The van der Waals surface area contributed by atoms with Crippen LogP contribution in [0.2, 0.25) is 10.0 Å². The third-order valence-corrected chi connectivity index (χ3v) is 3.32. The third kappa shape index (κ3) is 4.76. The standard InChI is InChI=1S/C12H14Cl2N4O2S/c13-7-1-2-9(14)10(3-7)20-5-8(19)4-18-6-16-12(17-18)11(15)21/h1-3,6,8,11,19,21H,4-5,15H2/t8-,11?/m1/s1. The number of thiol groups is 1. The Labute approximate surface area is 137 Å². The summed E-state index contributed by atoms with van der Waals surface area (Å²) in [4.78, 5) is 3.97. The van der Waals surface area contributed by atoms with Gasteiger partial charge in [-0.1, -0.05) is 23.2 Å². The number of aromatic nitrogens is 3. The molecule has 0 aliphatic carbocycles. The summed E-state index contributed by atoms with van der Waals surface area (Å²) in [6.07, 6.45) is 0.687. The molecule has 0 aliphatic rings. The lowest BCUT2D eigenvalue weighted by Crippen LogP contribution is -2.24. The Kier molecular flexibility index (Phi) is 5.72. The molecule has 1 unspecified atom stereocenters. The number of benzene rings is 1. The molecule has 0 spiro atoms. The number of aliphatic hydroxyl groups excluding tert-OH is 1. The molecule has 21 heavy (non-hydrogen) atoms. The van der Waals surface area contributed by atoms with Crippen molar-refractivity contribution in [1.82, 2.24) is 14.8 Å². The van der Waals surface area contributed by atoms with E-state index in [1.807, 2.05) is 0 Å². The summed E-state index contributed by atoms with van der Waals surface area (Å²) in [6.45, 7) is 0.258. The maximum Gasteiger partial charge on any atom is 0.177 e. The minimum atomic E-state index is -0.786. The highest BCUT2D eigenvalue weighted by Crippen LogP contribution is 2.27. The summed E-state index contributed by atoms with van der Waals surface area (Å²) in [7, 11) is 0. The topological polar surface area (TPSA) is 86.2 Å². The van der Waals surface area contributed by atoms with Gasteiger partial charge in [0, 0.05) is 11.1 Å². The number of hydrogen-bond donors (Lipinski definition) is 3. The Hall–Kier alpha value is -0.990. The third-order valence-electron chi connectivity index (χ3n) is 2.54. The molecule has 0 fully saturated rings. The van der Waals surface area contributed by atoms with Gasteiger partial charge in [-0.2, -0.15) is 17.7 Å². The van der Waals surface area contributed by atoms with Crippen LogP contribution < -0.4 is 10.5 Å². The predicted molar refractivity (Wildman–Crippen MR) is 83.9 cm³/mol. The Morgan fingerprint density at radius 3 is 2.86 bits per heavy atom. The van der Waals surface area contributed by atoms with Gasteiger partial charge in [-0.05, 0) is 12.1 Å². The van der Waals surface area contributed by atoms with E-state index in [4.69, 9.17) is 33.7 Å². The van der Waals surface area contributed by atoms with Crippen LogP contribution in [0.15, 0.2) is 24.5 Å². The van der Waals surface area contributed by atoms with Crippen LogP contribution in [-0.2, 0) is 6.54 Å². The first kappa shape index (κ1) is 16.4. The molecule has 2 aromatic rings. The molecule has 0 saturated carbocycles. The van der Waals surface area contributed by atoms with Gasteiger partial charge >= 0.3 is 0 Å². The summed E-state index contributed by atoms with van der Waals surface area (Å²) < 4.78 is 6.91. The van der Waals surface area contributed by atoms with Crippen molar-refractivity contribution < 1.29 is 9.84 Å². The second-order valence-electron chi connectivity index (χ2n) is 4.31. The van der Waals surface area contributed by atoms with Crippen LogP contribution in [-0.4, -0.2) is 32.6 Å². The molecule has 0 bridgehead atoms. The van der Waals surface area contributed by atoms with Crippen molar-refractivity contribution in [3.8, 4) is 5.75 Å². The van der Waals surface area contributed by atoms with Gasteiger partial charge in [0.1, 0.15) is 30.2 Å². The summed E-state index contributed by atoms with van der Waals surface area (Å²) in [6, 6.07) is 4.87. The van der Waals surface area contributed by atoms with Crippen molar-refractivity contribution in [1.29, 1.82) is 0 Å². The minimum absolute atomic E-state index is 0.0438. The van der Waals surface area contributed by atoms with E-state index in [1.54, 1.807) is 18.2 Å². The first-order chi connectivity index (χ1) is 9.95. The molecule has 3 N–H and O–H groups in total. The monoisotopic (exact) mass is 348 g/mol. The lowest BCUT2D eigenvalue weighted by Gasteiger charge is -2.13. The maximum atomic E-state index is 9.93. The molecule has 0 saturated heterocycles. The molecular formula is C12H14Cl2N4O2S. The quantitative estimate of drug-likeness (QED) is 0.548. The van der Waals surface area contributed by atoms with Gasteiger partial charge in [-0.3, -0.25) is 0 Å². The molecule has 2 rings (SSSR count). The maximum absolute atomic E-state index is 9.93. The Morgan fingerprint density at radius 2 is 2.19 bits per heavy atom. The zero-order valence-corrected chi connectivity index (χ0v) is 13.3. The van der Waals surface area contributed by atoms with E-state index in [9.17, 15) is 5.11 Å². The van der Waals surface area contributed by atoms with Gasteiger partial charge in [0.05, 0.1) is 11.6 Å². The average Bonchev–Trinajstić information content (AvgIpc) is 2.88. The molecule has 6 nitrogen and oxygen atoms in total. The van der Waals surface area contributed by atoms with E-state index in [0.29, 0.717) is 21.6 Å². The van der Waals surface area contributed by atoms with Gasteiger partial charge in [-0.15, -0.1) is 0 Å². The van der Waals surface area contributed by atoms with Crippen LogP contribution >= 0.6 is 35.8 Å². The summed E-state index contributed by atoms with van der Waals surface area (Å²) in [5, 5.41) is 14.4. The molecule has 2 atom stereocenters. The van der Waals surface area contributed by atoms with Crippen LogP contribution in [0.1, 0.15) is 11.2 Å². The zero-order chi connectivity index (χ0) is 15.4. The largest absolute Gasteiger partial charge is 0.489 e. The van der Waals surface area contributed by atoms with E-state index in [-0.39, 0.29) is 13.2 Å². The smallest absolute Gasteiger partial charge is 0.177 e. The van der Waals surface area contributed by atoms with Crippen LogP contribution in [0.3, 0.4) is 0 Å². The number of halogens is 2. The fraction of sp³-hybridized carbons (Fsp3) is 0.333. The number of hydrogen-bond acceptors (Lipinski definition) is 6. The number of rotatable bonds is 6. The molecule has 114 valence electrons. The van der Waals surface area contributed by atoms with Crippen molar-refractivity contribution in [2.75, 3.05) is 6.61 Å². The fourth-order valence-corrected chi connectivity index (χ4v) is 2.03. The first-order valence-corrected chi connectivity index (χ1v) is 7.32. The highest BCUT2D eigenvalue weighted by molar-refractivity contribution is 7.80. The zero-order valence-electron chi connectivity index (χ0n) is 10.9. The van der Waals surface area contributed by atoms with Crippen molar-refractivity contribution in [2.45, 2.75) is 18.0 Å². The highest BCUT2D eigenvalue weighted by atomic mass is 35.5. The Balaban J connectivity index is 1.89. The molecule has 0 aliphatic heterocycles.